The van der Waals surface area contributed by atoms with Crippen LogP contribution in [0.4, 0.5) is 0 Å². The monoisotopic (exact) mass is 472 g/mol. The SMILES string of the molecule is CN(C)CCn1cnc2sc3c(c2c1=O)CCN(C(=O)C(c1ccccc1)c1ccccc1)C3. The van der Waals surface area contributed by atoms with Crippen molar-refractivity contribution < 1.29 is 4.79 Å². The van der Waals surface area contributed by atoms with Gasteiger partial charge in [0.2, 0.25) is 5.91 Å². The van der Waals surface area contributed by atoms with E-state index in [0.717, 1.165) is 38.3 Å². The molecular formula is C27H28N4O2S. The predicted molar refractivity (Wildman–Crippen MR) is 136 cm³/mol. The average Bonchev–Trinajstić information content (AvgIpc) is 3.23. The Kier molecular flexibility index (Phi) is 6.30. The number of nitrogens with zero attached hydrogens (tertiary/aromatic N) is 4. The highest BCUT2D eigenvalue weighted by Gasteiger charge is 2.32. The van der Waals surface area contributed by atoms with Gasteiger partial charge in [-0.1, -0.05) is 60.7 Å². The van der Waals surface area contributed by atoms with E-state index in [1.54, 1.807) is 22.2 Å². The van der Waals surface area contributed by atoms with Crippen molar-refractivity contribution in [2.45, 2.75) is 25.4 Å². The number of carbonyl (C=O) groups is 1. The van der Waals surface area contributed by atoms with Crippen LogP contribution >= 0.6 is 11.3 Å². The van der Waals surface area contributed by atoms with E-state index in [4.69, 9.17) is 0 Å². The highest BCUT2D eigenvalue weighted by molar-refractivity contribution is 7.18. The molecule has 174 valence electrons. The van der Waals surface area contributed by atoms with E-state index >= 15 is 0 Å². The van der Waals surface area contributed by atoms with Crippen molar-refractivity contribution in [2.75, 3.05) is 27.2 Å². The zero-order valence-electron chi connectivity index (χ0n) is 19.5. The molecule has 0 fully saturated rings. The van der Waals surface area contributed by atoms with Gasteiger partial charge in [-0.05, 0) is 37.2 Å². The number of benzene rings is 2. The fraction of sp³-hybridized carbons (Fsp3) is 0.296. The highest BCUT2D eigenvalue weighted by Crippen LogP contribution is 2.35. The summed E-state index contributed by atoms with van der Waals surface area (Å²) in [7, 11) is 3.99. The Hall–Kier alpha value is -3.29. The van der Waals surface area contributed by atoms with Crippen LogP contribution in [0.3, 0.4) is 0 Å². The van der Waals surface area contributed by atoms with Crippen LogP contribution in [0.1, 0.15) is 27.5 Å². The van der Waals surface area contributed by atoms with Crippen molar-refractivity contribution in [1.82, 2.24) is 19.4 Å². The first-order chi connectivity index (χ1) is 16.5. The van der Waals surface area contributed by atoms with Crippen LogP contribution < -0.4 is 5.56 Å². The molecule has 6 nitrogen and oxygen atoms in total. The lowest BCUT2D eigenvalue weighted by Crippen LogP contribution is -2.39. The first-order valence-electron chi connectivity index (χ1n) is 11.6. The Morgan fingerprint density at radius 3 is 2.32 bits per heavy atom. The molecule has 0 N–H and O–H groups in total. The van der Waals surface area contributed by atoms with Gasteiger partial charge in [0.05, 0.1) is 24.2 Å². The van der Waals surface area contributed by atoms with Gasteiger partial charge in [-0.2, -0.15) is 0 Å². The molecule has 1 aliphatic heterocycles. The number of aromatic nitrogens is 2. The summed E-state index contributed by atoms with van der Waals surface area (Å²) < 4.78 is 1.70. The first-order valence-corrected chi connectivity index (χ1v) is 12.4. The van der Waals surface area contributed by atoms with Crippen molar-refractivity contribution >= 4 is 27.5 Å². The number of rotatable bonds is 6. The van der Waals surface area contributed by atoms with Gasteiger partial charge in [0.15, 0.2) is 0 Å². The van der Waals surface area contributed by atoms with Gasteiger partial charge in [-0.3, -0.25) is 14.2 Å². The Morgan fingerprint density at radius 2 is 1.71 bits per heavy atom. The minimum atomic E-state index is -0.347. The summed E-state index contributed by atoms with van der Waals surface area (Å²) in [6.45, 7) is 2.50. The maximum atomic E-state index is 13.8. The number of hydrogen-bond donors (Lipinski definition) is 0. The number of likely N-dealkylation sites (N-methyl/N-ethyl adjacent to an activating group) is 1. The smallest absolute Gasteiger partial charge is 0.262 e. The molecule has 0 bridgehead atoms. The molecule has 0 saturated carbocycles. The summed E-state index contributed by atoms with van der Waals surface area (Å²) in [4.78, 5) is 37.5. The second-order valence-electron chi connectivity index (χ2n) is 8.99. The van der Waals surface area contributed by atoms with Crippen molar-refractivity contribution in [2.24, 2.45) is 0 Å². The first kappa shape index (κ1) is 22.5. The predicted octanol–water partition coefficient (Wildman–Crippen LogP) is 3.74. The van der Waals surface area contributed by atoms with Crippen LogP contribution in [0.5, 0.6) is 0 Å². The second-order valence-corrected chi connectivity index (χ2v) is 10.1. The number of amides is 1. The van der Waals surface area contributed by atoms with Crippen molar-refractivity contribution in [3.8, 4) is 0 Å². The van der Waals surface area contributed by atoms with Crippen LogP contribution in [-0.4, -0.2) is 52.4 Å². The standard InChI is InChI=1S/C27H28N4O2S/c1-29(2)15-16-31-18-28-25-24(27(31)33)21-13-14-30(17-22(21)34-25)26(32)23(19-9-5-3-6-10-19)20-11-7-4-8-12-20/h3-12,18,23H,13-17H2,1-2H3. The molecule has 0 atom stereocenters. The molecular weight excluding hydrogens is 444 g/mol. The topological polar surface area (TPSA) is 58.4 Å². The van der Waals surface area contributed by atoms with Crippen molar-refractivity contribution in [3.05, 3.63) is 98.9 Å². The maximum Gasteiger partial charge on any atom is 0.262 e. The van der Waals surface area contributed by atoms with Gasteiger partial charge >= 0.3 is 0 Å². The quantitative estimate of drug-likeness (QED) is 0.429. The second kappa shape index (κ2) is 9.52. The fourth-order valence-electron chi connectivity index (χ4n) is 4.63. The third-order valence-corrected chi connectivity index (χ3v) is 7.56. The van der Waals surface area contributed by atoms with Crippen LogP contribution in [-0.2, 0) is 24.3 Å². The van der Waals surface area contributed by atoms with E-state index in [2.05, 4.69) is 9.88 Å². The van der Waals surface area contributed by atoms with Crippen LogP contribution in [0.2, 0.25) is 0 Å². The molecule has 4 aromatic rings. The number of thiophene rings is 1. The lowest BCUT2D eigenvalue weighted by atomic mass is 9.89. The van der Waals surface area contributed by atoms with Crippen LogP contribution in [0.25, 0.3) is 10.2 Å². The molecule has 1 aliphatic rings. The van der Waals surface area contributed by atoms with Crippen molar-refractivity contribution in [3.63, 3.8) is 0 Å². The summed E-state index contributed by atoms with van der Waals surface area (Å²) in [6, 6.07) is 19.9. The van der Waals surface area contributed by atoms with Gasteiger partial charge in [0.25, 0.3) is 5.56 Å². The van der Waals surface area contributed by atoms with Gasteiger partial charge in [-0.15, -0.1) is 11.3 Å². The summed E-state index contributed by atoms with van der Waals surface area (Å²) in [5.41, 5.74) is 3.07. The van der Waals surface area contributed by atoms with Gasteiger partial charge in [-0.25, -0.2) is 4.98 Å². The van der Waals surface area contributed by atoms with Crippen LogP contribution in [0.15, 0.2) is 71.8 Å². The molecule has 1 amide bonds. The lowest BCUT2D eigenvalue weighted by molar-refractivity contribution is -0.132. The Bertz CT molecular complexity index is 1320. The summed E-state index contributed by atoms with van der Waals surface area (Å²) in [5.74, 6) is -0.253. The molecule has 0 aliphatic carbocycles. The van der Waals surface area contributed by atoms with Crippen molar-refractivity contribution in [1.29, 1.82) is 0 Å². The van der Waals surface area contributed by atoms with E-state index < -0.39 is 0 Å². The third kappa shape index (κ3) is 4.29. The molecule has 7 heteroatoms. The third-order valence-electron chi connectivity index (χ3n) is 6.44. The highest BCUT2D eigenvalue weighted by atomic mass is 32.1. The summed E-state index contributed by atoms with van der Waals surface area (Å²) >= 11 is 1.54. The largest absolute Gasteiger partial charge is 0.336 e. The minimum Gasteiger partial charge on any atom is -0.336 e. The average molecular weight is 473 g/mol. The Labute approximate surface area is 203 Å². The molecule has 5 rings (SSSR count). The molecule has 3 heterocycles. The minimum absolute atomic E-state index is 0.0237. The maximum absolute atomic E-state index is 13.8. The zero-order valence-corrected chi connectivity index (χ0v) is 20.3. The van der Waals surface area contributed by atoms with E-state index in [1.807, 2.05) is 79.7 Å². The molecule has 0 radical (unpaired) electrons. The molecule has 0 unspecified atom stereocenters. The number of fused-ring (bicyclic) bond motifs is 3. The number of hydrogen-bond acceptors (Lipinski definition) is 5. The molecule has 0 spiro atoms. The van der Waals surface area contributed by atoms with Gasteiger partial charge in [0, 0.05) is 24.5 Å². The normalized spacial score (nSPS) is 13.6. The molecule has 0 saturated heterocycles. The Balaban J connectivity index is 1.46. The van der Waals surface area contributed by atoms with E-state index in [9.17, 15) is 9.59 Å². The molecule has 2 aromatic carbocycles. The van der Waals surface area contributed by atoms with E-state index in [0.29, 0.717) is 26.1 Å². The molecule has 34 heavy (non-hydrogen) atoms. The van der Waals surface area contributed by atoms with Crippen LogP contribution in [0, 0.1) is 0 Å². The van der Waals surface area contributed by atoms with E-state index in [-0.39, 0.29) is 17.4 Å². The zero-order chi connectivity index (χ0) is 23.7. The fourth-order valence-corrected chi connectivity index (χ4v) is 5.82. The van der Waals surface area contributed by atoms with Gasteiger partial charge in [0.1, 0.15) is 4.83 Å². The molecule has 2 aromatic heterocycles. The summed E-state index contributed by atoms with van der Waals surface area (Å²) in [6.07, 6.45) is 2.33. The summed E-state index contributed by atoms with van der Waals surface area (Å²) in [5, 5.41) is 0.732. The van der Waals surface area contributed by atoms with Gasteiger partial charge < -0.3 is 9.80 Å². The lowest BCUT2D eigenvalue weighted by Gasteiger charge is -2.31. The Morgan fingerprint density at radius 1 is 1.06 bits per heavy atom. The van der Waals surface area contributed by atoms with E-state index in [1.165, 1.54) is 0 Å². The number of carbonyl (C=O) groups excluding carboxylic acids is 1.